The molecule has 0 radical (unpaired) electrons. The zero-order chi connectivity index (χ0) is 24.2. The number of ether oxygens (including phenoxy) is 2. The molecule has 1 N–H and O–H groups in total. The lowest BCUT2D eigenvalue weighted by Crippen LogP contribution is -2.37. The highest BCUT2D eigenvalue weighted by atomic mass is 16.5. The molecule has 0 spiro atoms. The quantitative estimate of drug-likeness (QED) is 0.309. The minimum absolute atomic E-state index is 0.340. The second kappa shape index (κ2) is 10.5. The summed E-state index contributed by atoms with van der Waals surface area (Å²) in [5.41, 5.74) is 4.81. The summed E-state index contributed by atoms with van der Waals surface area (Å²) in [6.45, 7) is 2.39. The van der Waals surface area contributed by atoms with Crippen LogP contribution in [0, 0.1) is 5.92 Å². The van der Waals surface area contributed by atoms with E-state index in [1.54, 1.807) is 7.11 Å². The summed E-state index contributed by atoms with van der Waals surface area (Å²) in [5.74, 6) is 2.18. The normalized spacial score (nSPS) is 17.5. The molecule has 0 amide bonds. The average Bonchev–Trinajstić information content (AvgIpc) is 3.25. The maximum atomic E-state index is 6.40. The number of benzene rings is 2. The van der Waals surface area contributed by atoms with Gasteiger partial charge in [0.05, 0.1) is 11.5 Å². The lowest BCUT2D eigenvalue weighted by atomic mass is 9.82. The number of nitrogens with one attached hydrogen (secondary N) is 1. The predicted octanol–water partition coefficient (Wildman–Crippen LogP) is 5.94. The first kappa shape index (κ1) is 23.4. The summed E-state index contributed by atoms with van der Waals surface area (Å²) in [4.78, 5) is 6.69. The Labute approximate surface area is 206 Å². The number of likely N-dealkylation sites (N-methyl/N-ethyl adjacent to an activating group) is 1. The van der Waals surface area contributed by atoms with Crippen molar-refractivity contribution < 1.29 is 13.9 Å². The standard InChI is InChI=1S/C29H33N3O3/c1-32(2)17-18-34-23-12-9-21(10-13-23)28-26(20-7-5-4-6-8-20)27-24(15-16-30-29(27)35-28)31-19-22-11-14-25(22)33-3/h4-10,12-13,15-16,22,25H,11,14,17-19H2,1-3H3,(H,30,31). The third-order valence-electron chi connectivity index (χ3n) is 6.78. The Balaban J connectivity index is 1.50. The van der Waals surface area contributed by atoms with Crippen LogP contribution in [0.15, 0.2) is 71.3 Å². The molecule has 2 atom stereocenters. The fraction of sp³-hybridized carbons (Fsp3) is 0.345. The van der Waals surface area contributed by atoms with Crippen molar-refractivity contribution >= 4 is 16.8 Å². The number of methoxy groups -OCH3 is 1. The van der Waals surface area contributed by atoms with E-state index in [9.17, 15) is 0 Å². The Morgan fingerprint density at radius 2 is 1.80 bits per heavy atom. The lowest BCUT2D eigenvalue weighted by molar-refractivity contribution is -0.0100. The Morgan fingerprint density at radius 1 is 1.00 bits per heavy atom. The Bertz CT molecular complexity index is 1250. The third-order valence-corrected chi connectivity index (χ3v) is 6.78. The van der Waals surface area contributed by atoms with Gasteiger partial charge in [0, 0.05) is 49.1 Å². The van der Waals surface area contributed by atoms with Crippen LogP contribution in [-0.4, -0.2) is 56.9 Å². The second-order valence-electron chi connectivity index (χ2n) is 9.38. The molecule has 0 bridgehead atoms. The van der Waals surface area contributed by atoms with Crippen molar-refractivity contribution in [2.75, 3.05) is 46.2 Å². The molecule has 0 aliphatic heterocycles. The lowest BCUT2D eigenvalue weighted by Gasteiger charge is -2.35. The molecule has 182 valence electrons. The topological polar surface area (TPSA) is 59.8 Å². The van der Waals surface area contributed by atoms with Gasteiger partial charge in [0.2, 0.25) is 5.71 Å². The average molecular weight is 472 g/mol. The van der Waals surface area contributed by atoms with Gasteiger partial charge in [-0.25, -0.2) is 4.98 Å². The molecule has 2 aromatic heterocycles. The highest BCUT2D eigenvalue weighted by molar-refractivity contribution is 6.06. The monoisotopic (exact) mass is 471 g/mol. The van der Waals surface area contributed by atoms with Gasteiger partial charge in [-0.2, -0.15) is 0 Å². The van der Waals surface area contributed by atoms with Crippen molar-refractivity contribution in [1.29, 1.82) is 0 Å². The molecule has 2 aromatic carbocycles. The molecular weight excluding hydrogens is 438 g/mol. The van der Waals surface area contributed by atoms with Crippen molar-refractivity contribution in [2.24, 2.45) is 5.92 Å². The van der Waals surface area contributed by atoms with E-state index in [2.05, 4.69) is 51.6 Å². The van der Waals surface area contributed by atoms with E-state index in [0.717, 1.165) is 58.8 Å². The molecule has 6 heteroatoms. The number of aromatic nitrogens is 1. The fourth-order valence-electron chi connectivity index (χ4n) is 4.63. The number of rotatable bonds is 10. The molecule has 2 unspecified atom stereocenters. The molecule has 2 heterocycles. The number of furan rings is 1. The molecular formula is C29H33N3O3. The molecule has 1 saturated carbocycles. The summed E-state index contributed by atoms with van der Waals surface area (Å²) in [5, 5.41) is 4.67. The van der Waals surface area contributed by atoms with Gasteiger partial charge < -0.3 is 24.1 Å². The van der Waals surface area contributed by atoms with E-state index in [1.807, 2.05) is 44.6 Å². The fourth-order valence-corrected chi connectivity index (χ4v) is 4.63. The van der Waals surface area contributed by atoms with Crippen LogP contribution in [0.1, 0.15) is 12.8 Å². The number of anilines is 1. The van der Waals surface area contributed by atoms with Crippen molar-refractivity contribution in [3.63, 3.8) is 0 Å². The summed E-state index contributed by atoms with van der Waals surface area (Å²) in [7, 11) is 5.88. The van der Waals surface area contributed by atoms with Gasteiger partial charge in [-0.05, 0) is 62.8 Å². The summed E-state index contributed by atoms with van der Waals surface area (Å²) >= 11 is 0. The van der Waals surface area contributed by atoms with Gasteiger partial charge in [0.25, 0.3) is 0 Å². The number of pyridine rings is 1. The van der Waals surface area contributed by atoms with Crippen LogP contribution in [0.4, 0.5) is 5.69 Å². The first-order valence-electron chi connectivity index (χ1n) is 12.3. The Hall–Kier alpha value is -3.35. The molecule has 5 rings (SSSR count). The molecule has 4 aromatic rings. The van der Waals surface area contributed by atoms with Crippen molar-refractivity contribution in [2.45, 2.75) is 18.9 Å². The van der Waals surface area contributed by atoms with Crippen LogP contribution < -0.4 is 10.1 Å². The van der Waals surface area contributed by atoms with Crippen LogP contribution in [0.5, 0.6) is 5.75 Å². The van der Waals surface area contributed by atoms with Crippen molar-refractivity contribution in [3.8, 4) is 28.2 Å². The summed E-state index contributed by atoms with van der Waals surface area (Å²) in [6, 6.07) is 20.5. The van der Waals surface area contributed by atoms with Gasteiger partial charge in [-0.3, -0.25) is 0 Å². The smallest absolute Gasteiger partial charge is 0.229 e. The molecule has 1 aliphatic carbocycles. The number of hydrogen-bond donors (Lipinski definition) is 1. The van der Waals surface area contributed by atoms with E-state index >= 15 is 0 Å². The van der Waals surface area contributed by atoms with Crippen LogP contribution >= 0.6 is 0 Å². The van der Waals surface area contributed by atoms with Crippen molar-refractivity contribution in [1.82, 2.24) is 9.88 Å². The first-order chi connectivity index (χ1) is 17.1. The Morgan fingerprint density at radius 3 is 2.49 bits per heavy atom. The highest BCUT2D eigenvalue weighted by Gasteiger charge is 2.31. The molecule has 6 nitrogen and oxygen atoms in total. The van der Waals surface area contributed by atoms with E-state index in [-0.39, 0.29) is 0 Å². The predicted molar refractivity (Wildman–Crippen MR) is 141 cm³/mol. The largest absolute Gasteiger partial charge is 0.492 e. The van der Waals surface area contributed by atoms with Crippen molar-refractivity contribution in [3.05, 3.63) is 66.9 Å². The number of hydrogen-bond acceptors (Lipinski definition) is 6. The van der Waals surface area contributed by atoms with E-state index in [0.29, 0.717) is 24.3 Å². The molecule has 1 aliphatic rings. The maximum Gasteiger partial charge on any atom is 0.229 e. The Kier molecular flexibility index (Phi) is 7.02. The van der Waals surface area contributed by atoms with Crippen LogP contribution in [0.2, 0.25) is 0 Å². The van der Waals surface area contributed by atoms with Crippen LogP contribution in [-0.2, 0) is 4.74 Å². The summed E-state index contributed by atoms with van der Waals surface area (Å²) in [6.07, 6.45) is 4.47. The van der Waals surface area contributed by atoms with Gasteiger partial charge in [0.15, 0.2) is 0 Å². The van der Waals surface area contributed by atoms with E-state index in [1.165, 1.54) is 6.42 Å². The van der Waals surface area contributed by atoms with Crippen LogP contribution in [0.25, 0.3) is 33.6 Å². The van der Waals surface area contributed by atoms with Gasteiger partial charge in [-0.1, -0.05) is 30.3 Å². The number of nitrogens with zero attached hydrogens (tertiary/aromatic N) is 2. The molecule has 35 heavy (non-hydrogen) atoms. The van der Waals surface area contributed by atoms with E-state index in [4.69, 9.17) is 13.9 Å². The minimum Gasteiger partial charge on any atom is -0.492 e. The van der Waals surface area contributed by atoms with E-state index < -0.39 is 0 Å². The molecule has 1 fully saturated rings. The third kappa shape index (κ3) is 5.04. The van der Waals surface area contributed by atoms with Crippen LogP contribution in [0.3, 0.4) is 0 Å². The summed E-state index contributed by atoms with van der Waals surface area (Å²) < 4.78 is 17.9. The highest BCUT2D eigenvalue weighted by Crippen LogP contribution is 2.43. The first-order valence-corrected chi connectivity index (χ1v) is 12.3. The zero-order valence-electron chi connectivity index (χ0n) is 20.7. The van der Waals surface area contributed by atoms with Gasteiger partial charge >= 0.3 is 0 Å². The van der Waals surface area contributed by atoms with Gasteiger partial charge in [0.1, 0.15) is 18.1 Å². The second-order valence-corrected chi connectivity index (χ2v) is 9.38. The molecule has 0 saturated heterocycles. The zero-order valence-corrected chi connectivity index (χ0v) is 20.7. The van der Waals surface area contributed by atoms with Gasteiger partial charge in [-0.15, -0.1) is 0 Å². The minimum atomic E-state index is 0.340. The number of fused-ring (bicyclic) bond motifs is 1. The maximum absolute atomic E-state index is 6.40. The SMILES string of the molecule is COC1CCC1CNc1ccnc2oc(-c3ccc(OCCN(C)C)cc3)c(-c3ccccc3)c12.